The molecule has 0 aliphatic heterocycles. The molecule has 0 bridgehead atoms. The number of nitrogens with zero attached hydrogens (tertiary/aromatic N) is 1. The van der Waals surface area contributed by atoms with Crippen molar-refractivity contribution < 1.29 is 30.9 Å². The molecule has 1 aromatic heterocycles. The molecule has 4 rings (SSSR count). The Hall–Kier alpha value is -4.11. The molecule has 0 aliphatic rings. The first-order chi connectivity index (χ1) is 16.9. The van der Waals surface area contributed by atoms with Gasteiger partial charge in [-0.2, -0.15) is 8.42 Å². The molecule has 0 saturated heterocycles. The van der Waals surface area contributed by atoms with Crippen LogP contribution in [0.25, 0.3) is 0 Å². The van der Waals surface area contributed by atoms with E-state index in [0.29, 0.717) is 17.1 Å². The van der Waals surface area contributed by atoms with Gasteiger partial charge in [0.2, 0.25) is 0 Å². The average Bonchev–Trinajstić information content (AvgIpc) is 3.36. The fraction of sp³-hybridized carbons (Fsp3) is 0.115. The number of furan rings is 1. The Balaban J connectivity index is 1.48. The van der Waals surface area contributed by atoms with E-state index < -0.39 is 15.9 Å². The van der Waals surface area contributed by atoms with E-state index in [1.807, 2.05) is 18.2 Å². The van der Waals surface area contributed by atoms with E-state index in [9.17, 15) is 17.6 Å². The molecular formula is C26H22FNO6S. The highest BCUT2D eigenvalue weighted by Crippen LogP contribution is 2.22. The number of amides is 1. The molecular weight excluding hydrogens is 473 g/mol. The van der Waals surface area contributed by atoms with Gasteiger partial charge in [0.1, 0.15) is 28.0 Å². The van der Waals surface area contributed by atoms with Gasteiger partial charge in [-0.3, -0.25) is 4.79 Å². The molecule has 0 unspecified atom stereocenters. The van der Waals surface area contributed by atoms with Crippen molar-refractivity contribution in [2.24, 2.45) is 0 Å². The van der Waals surface area contributed by atoms with Crippen molar-refractivity contribution in [3.63, 3.8) is 0 Å². The van der Waals surface area contributed by atoms with E-state index in [2.05, 4.69) is 0 Å². The molecule has 35 heavy (non-hydrogen) atoms. The maximum absolute atomic E-state index is 13.1. The molecule has 180 valence electrons. The maximum Gasteiger partial charge on any atom is 0.339 e. The predicted molar refractivity (Wildman–Crippen MR) is 126 cm³/mol. The van der Waals surface area contributed by atoms with Crippen LogP contribution in [0.3, 0.4) is 0 Å². The minimum absolute atomic E-state index is 0.0674. The van der Waals surface area contributed by atoms with Crippen molar-refractivity contribution >= 4 is 16.0 Å². The summed E-state index contributed by atoms with van der Waals surface area (Å²) in [6, 6.07) is 23.2. The molecule has 4 aromatic rings. The van der Waals surface area contributed by atoms with Gasteiger partial charge in [-0.1, -0.05) is 30.3 Å². The Morgan fingerprint density at radius 3 is 2.31 bits per heavy atom. The maximum atomic E-state index is 13.1. The van der Waals surface area contributed by atoms with Crippen LogP contribution in [0, 0.1) is 5.82 Å². The van der Waals surface area contributed by atoms with Gasteiger partial charge >= 0.3 is 10.1 Å². The lowest BCUT2D eigenvalue weighted by Gasteiger charge is -2.22. The van der Waals surface area contributed by atoms with Crippen molar-refractivity contribution in [2.75, 3.05) is 6.61 Å². The second-order valence-corrected chi connectivity index (χ2v) is 9.12. The van der Waals surface area contributed by atoms with Gasteiger partial charge in [0.05, 0.1) is 12.8 Å². The number of halogens is 1. The van der Waals surface area contributed by atoms with Crippen LogP contribution in [-0.2, 0) is 28.0 Å². The molecule has 0 radical (unpaired) electrons. The van der Waals surface area contributed by atoms with E-state index >= 15 is 0 Å². The summed E-state index contributed by atoms with van der Waals surface area (Å²) < 4.78 is 54.5. The predicted octanol–water partition coefficient (Wildman–Crippen LogP) is 4.79. The Kier molecular flexibility index (Phi) is 7.47. The third kappa shape index (κ3) is 6.70. The van der Waals surface area contributed by atoms with Crippen LogP contribution in [0.5, 0.6) is 11.5 Å². The number of carbonyl (C=O) groups is 1. The van der Waals surface area contributed by atoms with Crippen LogP contribution >= 0.6 is 0 Å². The summed E-state index contributed by atoms with van der Waals surface area (Å²) in [5.41, 5.74) is 0.636. The standard InChI is InChI=1S/C26H22FNO6S/c27-21-11-13-25(14-12-21)35(30,31)34-23-9-4-6-20(16-23)17-28(18-24-10-5-15-32-24)26(29)19-33-22-7-2-1-3-8-22/h1-16H,17-19H2. The van der Waals surface area contributed by atoms with Crippen molar-refractivity contribution in [1.82, 2.24) is 4.90 Å². The minimum Gasteiger partial charge on any atom is -0.484 e. The average molecular weight is 496 g/mol. The Labute approximate surface area is 202 Å². The van der Waals surface area contributed by atoms with E-state index in [-0.39, 0.29) is 36.2 Å². The van der Waals surface area contributed by atoms with Gasteiger partial charge in [-0.15, -0.1) is 0 Å². The molecule has 1 amide bonds. The quantitative estimate of drug-likeness (QED) is 0.294. The van der Waals surface area contributed by atoms with Crippen LogP contribution in [-0.4, -0.2) is 25.8 Å². The third-order valence-corrected chi connectivity index (χ3v) is 6.23. The molecule has 7 nitrogen and oxygen atoms in total. The SMILES string of the molecule is O=C(COc1ccccc1)N(Cc1cccc(OS(=O)(=O)c2ccc(F)cc2)c1)Cc1ccco1. The zero-order valence-corrected chi connectivity index (χ0v) is 19.4. The molecule has 0 saturated carbocycles. The lowest BCUT2D eigenvalue weighted by Crippen LogP contribution is -2.34. The fourth-order valence-corrected chi connectivity index (χ4v) is 4.19. The number of hydrogen-bond donors (Lipinski definition) is 0. The molecule has 0 aliphatic carbocycles. The normalized spacial score (nSPS) is 11.1. The molecule has 0 N–H and O–H groups in total. The van der Waals surface area contributed by atoms with Crippen LogP contribution in [0.2, 0.25) is 0 Å². The minimum atomic E-state index is -4.15. The van der Waals surface area contributed by atoms with E-state index in [4.69, 9.17) is 13.3 Å². The number of benzene rings is 3. The molecule has 0 atom stereocenters. The van der Waals surface area contributed by atoms with Crippen LogP contribution in [0.15, 0.2) is 107 Å². The zero-order chi connectivity index (χ0) is 24.7. The van der Waals surface area contributed by atoms with E-state index in [1.54, 1.807) is 36.4 Å². The van der Waals surface area contributed by atoms with Gasteiger partial charge in [0, 0.05) is 6.54 Å². The topological polar surface area (TPSA) is 86.0 Å². The number of para-hydroxylation sites is 1. The number of carbonyl (C=O) groups excluding carboxylic acids is 1. The Morgan fingerprint density at radius 2 is 1.60 bits per heavy atom. The summed E-state index contributed by atoms with van der Waals surface area (Å²) in [5, 5.41) is 0. The van der Waals surface area contributed by atoms with Crippen LogP contribution < -0.4 is 8.92 Å². The molecule has 0 fully saturated rings. The third-order valence-electron chi connectivity index (χ3n) is 4.97. The second-order valence-electron chi connectivity index (χ2n) is 7.57. The van der Waals surface area contributed by atoms with Crippen molar-refractivity contribution in [3.05, 3.63) is 114 Å². The van der Waals surface area contributed by atoms with Gasteiger partial charge in [-0.05, 0) is 66.2 Å². The highest BCUT2D eigenvalue weighted by molar-refractivity contribution is 7.87. The monoisotopic (exact) mass is 495 g/mol. The number of ether oxygens (including phenoxy) is 1. The van der Waals surface area contributed by atoms with E-state index in [1.165, 1.54) is 23.3 Å². The summed E-state index contributed by atoms with van der Waals surface area (Å²) in [4.78, 5) is 14.3. The summed E-state index contributed by atoms with van der Waals surface area (Å²) in [6.45, 7) is 0.175. The highest BCUT2D eigenvalue weighted by atomic mass is 32.2. The fourth-order valence-electron chi connectivity index (χ4n) is 3.27. The first-order valence-electron chi connectivity index (χ1n) is 10.7. The second kappa shape index (κ2) is 10.9. The van der Waals surface area contributed by atoms with Crippen LogP contribution in [0.1, 0.15) is 11.3 Å². The number of hydrogen-bond acceptors (Lipinski definition) is 6. The molecule has 3 aromatic carbocycles. The first kappa shape index (κ1) is 24.0. The number of rotatable bonds is 10. The molecule has 1 heterocycles. The lowest BCUT2D eigenvalue weighted by atomic mass is 10.2. The Bertz CT molecular complexity index is 1360. The van der Waals surface area contributed by atoms with Gasteiger partial charge < -0.3 is 18.2 Å². The zero-order valence-electron chi connectivity index (χ0n) is 18.5. The van der Waals surface area contributed by atoms with Crippen molar-refractivity contribution in [2.45, 2.75) is 18.0 Å². The van der Waals surface area contributed by atoms with Crippen molar-refractivity contribution in [1.29, 1.82) is 0 Å². The van der Waals surface area contributed by atoms with Gasteiger partial charge in [0.15, 0.2) is 6.61 Å². The molecule has 9 heteroatoms. The first-order valence-corrected chi connectivity index (χ1v) is 12.1. The van der Waals surface area contributed by atoms with Crippen LogP contribution in [0.4, 0.5) is 4.39 Å². The Morgan fingerprint density at radius 1 is 0.857 bits per heavy atom. The summed E-state index contributed by atoms with van der Waals surface area (Å²) in [6.07, 6.45) is 1.52. The lowest BCUT2D eigenvalue weighted by molar-refractivity contribution is -0.134. The van der Waals surface area contributed by atoms with Gasteiger partial charge in [-0.25, -0.2) is 4.39 Å². The summed E-state index contributed by atoms with van der Waals surface area (Å²) in [5.74, 6) is 0.390. The highest BCUT2D eigenvalue weighted by Gasteiger charge is 2.19. The van der Waals surface area contributed by atoms with Gasteiger partial charge in [0.25, 0.3) is 5.91 Å². The summed E-state index contributed by atoms with van der Waals surface area (Å²) in [7, 11) is -4.15. The van der Waals surface area contributed by atoms with E-state index in [0.717, 1.165) is 24.3 Å². The van der Waals surface area contributed by atoms with Crippen molar-refractivity contribution in [3.8, 4) is 11.5 Å². The largest absolute Gasteiger partial charge is 0.484 e. The summed E-state index contributed by atoms with van der Waals surface area (Å²) >= 11 is 0. The smallest absolute Gasteiger partial charge is 0.339 e. The molecule has 0 spiro atoms.